The van der Waals surface area contributed by atoms with Crippen LogP contribution in [-0.4, -0.2) is 14.5 Å². The van der Waals surface area contributed by atoms with Crippen molar-refractivity contribution in [3.63, 3.8) is 0 Å². The average Bonchev–Trinajstić information content (AvgIpc) is 3.09. The molecule has 0 N–H and O–H groups in total. The standard InChI is InChI=1S/C23H18Se/c1-17-12-14-18(15-13-17)21-16-22(19-8-4-2-5-9-19)24-23(21)20-10-6-3-7-11-20/h2-16H,1H3. The molecule has 0 aliphatic heterocycles. The van der Waals surface area contributed by atoms with Crippen LogP contribution in [0.1, 0.15) is 5.56 Å². The van der Waals surface area contributed by atoms with Crippen LogP contribution < -0.4 is 0 Å². The van der Waals surface area contributed by atoms with E-state index in [1.165, 1.54) is 36.7 Å². The van der Waals surface area contributed by atoms with Crippen molar-refractivity contribution in [1.82, 2.24) is 0 Å². The summed E-state index contributed by atoms with van der Waals surface area (Å²) in [6.07, 6.45) is 0. The van der Waals surface area contributed by atoms with Crippen molar-refractivity contribution in [2.24, 2.45) is 0 Å². The number of rotatable bonds is 3. The van der Waals surface area contributed by atoms with Crippen LogP contribution in [0.15, 0.2) is 91.0 Å². The molecule has 0 bridgehead atoms. The summed E-state index contributed by atoms with van der Waals surface area (Å²) in [4.78, 5) is 0. The molecule has 4 rings (SSSR count). The second kappa shape index (κ2) is 6.65. The molecule has 0 fully saturated rings. The van der Waals surface area contributed by atoms with Gasteiger partial charge in [-0.25, -0.2) is 0 Å². The molecule has 1 heteroatoms. The van der Waals surface area contributed by atoms with E-state index >= 15 is 0 Å². The summed E-state index contributed by atoms with van der Waals surface area (Å²) in [5, 5.41) is 0. The Morgan fingerprint density at radius 1 is 0.583 bits per heavy atom. The molecule has 1 aromatic heterocycles. The van der Waals surface area contributed by atoms with E-state index in [1.54, 1.807) is 0 Å². The fraction of sp³-hybridized carbons (Fsp3) is 0.0435. The molecule has 0 spiro atoms. The zero-order valence-corrected chi connectivity index (χ0v) is 15.3. The summed E-state index contributed by atoms with van der Waals surface area (Å²) < 4.78 is 2.93. The molecule has 0 saturated carbocycles. The first kappa shape index (κ1) is 15.2. The SMILES string of the molecule is Cc1ccc(-c2cc(-c3ccccc3)[se]c2-c2ccccc2)cc1. The molecule has 0 aliphatic rings. The fourth-order valence-corrected chi connectivity index (χ4v) is 5.39. The minimum atomic E-state index is 0.322. The van der Waals surface area contributed by atoms with E-state index in [0.29, 0.717) is 14.5 Å². The van der Waals surface area contributed by atoms with E-state index in [4.69, 9.17) is 0 Å². The summed E-state index contributed by atoms with van der Waals surface area (Å²) in [5.41, 5.74) is 6.67. The van der Waals surface area contributed by atoms with Gasteiger partial charge in [0.1, 0.15) is 0 Å². The molecule has 0 amide bonds. The van der Waals surface area contributed by atoms with E-state index in [1.807, 2.05) is 0 Å². The molecule has 0 radical (unpaired) electrons. The molecule has 3 aromatic carbocycles. The Hall–Kier alpha value is -2.34. The Morgan fingerprint density at radius 3 is 1.79 bits per heavy atom. The number of hydrogen-bond donors (Lipinski definition) is 0. The second-order valence-corrected chi connectivity index (χ2v) is 8.16. The fourth-order valence-electron chi connectivity index (χ4n) is 2.89. The molecule has 1 heterocycles. The van der Waals surface area contributed by atoms with E-state index in [-0.39, 0.29) is 0 Å². The molecule has 0 atom stereocenters. The van der Waals surface area contributed by atoms with Gasteiger partial charge < -0.3 is 0 Å². The van der Waals surface area contributed by atoms with E-state index in [9.17, 15) is 0 Å². The first-order valence-electron chi connectivity index (χ1n) is 8.13. The van der Waals surface area contributed by atoms with Crippen molar-refractivity contribution < 1.29 is 0 Å². The second-order valence-electron chi connectivity index (χ2n) is 5.95. The van der Waals surface area contributed by atoms with Crippen molar-refractivity contribution in [3.05, 3.63) is 96.6 Å². The minimum absolute atomic E-state index is 0.322. The van der Waals surface area contributed by atoms with Crippen LogP contribution in [0.4, 0.5) is 0 Å². The number of hydrogen-bond acceptors (Lipinski definition) is 0. The van der Waals surface area contributed by atoms with Crippen molar-refractivity contribution >= 4 is 14.5 Å². The van der Waals surface area contributed by atoms with Crippen LogP contribution in [0, 0.1) is 6.92 Å². The Kier molecular flexibility index (Phi) is 4.21. The topological polar surface area (TPSA) is 0 Å². The van der Waals surface area contributed by atoms with Crippen molar-refractivity contribution in [2.45, 2.75) is 6.92 Å². The zero-order valence-electron chi connectivity index (χ0n) is 13.6. The zero-order chi connectivity index (χ0) is 16.4. The predicted molar refractivity (Wildman–Crippen MR) is 104 cm³/mol. The van der Waals surface area contributed by atoms with Gasteiger partial charge in [0.25, 0.3) is 0 Å². The van der Waals surface area contributed by atoms with Gasteiger partial charge in [0.15, 0.2) is 0 Å². The third kappa shape index (κ3) is 3.01. The van der Waals surface area contributed by atoms with Crippen LogP contribution >= 0.6 is 0 Å². The van der Waals surface area contributed by atoms with E-state index < -0.39 is 0 Å². The van der Waals surface area contributed by atoms with Crippen LogP contribution in [0.25, 0.3) is 31.1 Å². The Labute approximate surface area is 149 Å². The van der Waals surface area contributed by atoms with Crippen molar-refractivity contribution in [3.8, 4) is 31.1 Å². The monoisotopic (exact) mass is 374 g/mol. The van der Waals surface area contributed by atoms with Crippen LogP contribution in [0.3, 0.4) is 0 Å². The molecule has 24 heavy (non-hydrogen) atoms. The number of benzene rings is 3. The van der Waals surface area contributed by atoms with Crippen LogP contribution in [-0.2, 0) is 0 Å². The average molecular weight is 373 g/mol. The summed E-state index contributed by atoms with van der Waals surface area (Å²) in [7, 11) is 0. The van der Waals surface area contributed by atoms with E-state index in [0.717, 1.165) is 0 Å². The van der Waals surface area contributed by atoms with Gasteiger partial charge >= 0.3 is 149 Å². The third-order valence-electron chi connectivity index (χ3n) is 4.19. The first-order chi connectivity index (χ1) is 11.8. The van der Waals surface area contributed by atoms with Crippen molar-refractivity contribution in [1.29, 1.82) is 0 Å². The molecule has 0 unspecified atom stereocenters. The Morgan fingerprint density at radius 2 is 1.17 bits per heavy atom. The van der Waals surface area contributed by atoms with Gasteiger partial charge in [-0.15, -0.1) is 0 Å². The Balaban J connectivity index is 1.90. The van der Waals surface area contributed by atoms with Crippen LogP contribution in [0.5, 0.6) is 0 Å². The molecular weight excluding hydrogens is 355 g/mol. The normalized spacial score (nSPS) is 10.7. The van der Waals surface area contributed by atoms with Gasteiger partial charge in [-0.2, -0.15) is 0 Å². The van der Waals surface area contributed by atoms with Gasteiger partial charge in [-0.3, -0.25) is 0 Å². The predicted octanol–water partition coefficient (Wildman–Crippen LogP) is 6.05. The van der Waals surface area contributed by atoms with Gasteiger partial charge in [0.2, 0.25) is 0 Å². The molecule has 0 aliphatic carbocycles. The molecule has 4 aromatic rings. The first-order valence-corrected chi connectivity index (χ1v) is 9.84. The number of aryl methyl sites for hydroxylation is 1. The van der Waals surface area contributed by atoms with Gasteiger partial charge in [0.05, 0.1) is 0 Å². The molecular formula is C23H18Se. The van der Waals surface area contributed by atoms with Gasteiger partial charge in [-0.1, -0.05) is 0 Å². The molecule has 0 saturated heterocycles. The van der Waals surface area contributed by atoms with E-state index in [2.05, 4.69) is 97.9 Å². The molecule has 0 nitrogen and oxygen atoms in total. The summed E-state index contributed by atoms with van der Waals surface area (Å²) >= 11 is 0.322. The summed E-state index contributed by atoms with van der Waals surface area (Å²) in [6.45, 7) is 2.14. The maximum atomic E-state index is 2.39. The maximum absolute atomic E-state index is 2.39. The van der Waals surface area contributed by atoms with Crippen molar-refractivity contribution in [2.75, 3.05) is 0 Å². The summed E-state index contributed by atoms with van der Waals surface area (Å²) in [6, 6.07) is 32.8. The summed E-state index contributed by atoms with van der Waals surface area (Å²) in [5.74, 6) is 0. The Bertz CT molecular complexity index is 933. The van der Waals surface area contributed by atoms with Gasteiger partial charge in [0, 0.05) is 0 Å². The third-order valence-corrected chi connectivity index (χ3v) is 6.78. The van der Waals surface area contributed by atoms with Crippen LogP contribution in [0.2, 0.25) is 0 Å². The van der Waals surface area contributed by atoms with Gasteiger partial charge in [-0.05, 0) is 0 Å². The quantitative estimate of drug-likeness (QED) is 0.383. The molecule has 116 valence electrons.